The van der Waals surface area contributed by atoms with Crippen LogP contribution in [0.2, 0.25) is 0 Å². The summed E-state index contributed by atoms with van der Waals surface area (Å²) in [7, 11) is 1.87. The van der Waals surface area contributed by atoms with Crippen molar-refractivity contribution in [3.63, 3.8) is 0 Å². The smallest absolute Gasteiger partial charge is 0.119 e. The lowest BCUT2D eigenvalue weighted by Gasteiger charge is -2.28. The number of nitrogens with zero attached hydrogens (tertiary/aromatic N) is 1. The first-order valence-electron chi connectivity index (χ1n) is 7.17. The van der Waals surface area contributed by atoms with Crippen molar-refractivity contribution in [2.45, 2.75) is 37.8 Å². The highest BCUT2D eigenvalue weighted by atomic mass is 16.5. The summed E-state index contributed by atoms with van der Waals surface area (Å²) in [6.45, 7) is 0.670. The first-order valence-corrected chi connectivity index (χ1v) is 7.17. The van der Waals surface area contributed by atoms with Crippen molar-refractivity contribution in [1.29, 1.82) is 5.26 Å². The Morgan fingerprint density at radius 1 is 1.45 bits per heavy atom. The van der Waals surface area contributed by atoms with E-state index in [-0.39, 0.29) is 12.1 Å². The van der Waals surface area contributed by atoms with Crippen molar-refractivity contribution >= 4 is 0 Å². The number of nitriles is 1. The average molecular weight is 274 g/mol. The molecule has 20 heavy (non-hydrogen) atoms. The van der Waals surface area contributed by atoms with Gasteiger partial charge >= 0.3 is 0 Å². The molecule has 0 amide bonds. The van der Waals surface area contributed by atoms with E-state index < -0.39 is 0 Å². The zero-order valence-corrected chi connectivity index (χ0v) is 11.9. The first kappa shape index (κ1) is 14.8. The summed E-state index contributed by atoms with van der Waals surface area (Å²) < 4.78 is 5.73. The van der Waals surface area contributed by atoms with E-state index in [1.165, 1.54) is 0 Å². The third kappa shape index (κ3) is 3.12. The van der Waals surface area contributed by atoms with E-state index in [1.54, 1.807) is 0 Å². The molecule has 1 saturated carbocycles. The number of nitrogens with one attached hydrogen (secondary N) is 1. The number of hydrogen-bond acceptors (Lipinski definition) is 4. The van der Waals surface area contributed by atoms with Crippen molar-refractivity contribution in [2.24, 2.45) is 5.92 Å². The number of rotatable bonds is 6. The number of ether oxygens (including phenoxy) is 1. The van der Waals surface area contributed by atoms with Crippen LogP contribution in [-0.4, -0.2) is 24.3 Å². The SMILES string of the molecule is CNC1(C#N)CCCC1CCOc1ccc(CO)cc1. The molecule has 4 nitrogen and oxygen atoms in total. The third-order valence-corrected chi connectivity index (χ3v) is 4.31. The minimum Gasteiger partial charge on any atom is -0.494 e. The molecular weight excluding hydrogens is 252 g/mol. The van der Waals surface area contributed by atoms with Crippen molar-refractivity contribution in [3.8, 4) is 11.8 Å². The predicted molar refractivity (Wildman–Crippen MR) is 77.2 cm³/mol. The Bertz CT molecular complexity index is 466. The molecule has 0 radical (unpaired) electrons. The maximum Gasteiger partial charge on any atom is 0.119 e. The summed E-state index contributed by atoms with van der Waals surface area (Å²) >= 11 is 0. The van der Waals surface area contributed by atoms with Crippen LogP contribution in [0.5, 0.6) is 5.75 Å². The van der Waals surface area contributed by atoms with E-state index >= 15 is 0 Å². The summed E-state index contributed by atoms with van der Waals surface area (Å²) in [6, 6.07) is 9.91. The summed E-state index contributed by atoms with van der Waals surface area (Å²) in [6.07, 6.45) is 4.00. The highest BCUT2D eigenvalue weighted by molar-refractivity contribution is 5.26. The quantitative estimate of drug-likeness (QED) is 0.835. The number of benzene rings is 1. The van der Waals surface area contributed by atoms with E-state index in [2.05, 4.69) is 11.4 Å². The molecule has 4 heteroatoms. The van der Waals surface area contributed by atoms with Crippen molar-refractivity contribution in [1.82, 2.24) is 5.32 Å². The lowest BCUT2D eigenvalue weighted by Crippen LogP contribution is -2.45. The van der Waals surface area contributed by atoms with Gasteiger partial charge in [-0.05, 0) is 49.9 Å². The van der Waals surface area contributed by atoms with Gasteiger partial charge in [-0.25, -0.2) is 0 Å². The van der Waals surface area contributed by atoms with Gasteiger partial charge in [0.1, 0.15) is 11.3 Å². The number of aliphatic hydroxyl groups excluding tert-OH is 1. The van der Waals surface area contributed by atoms with Gasteiger partial charge in [0.05, 0.1) is 19.3 Å². The van der Waals surface area contributed by atoms with Crippen LogP contribution >= 0.6 is 0 Å². The van der Waals surface area contributed by atoms with Gasteiger partial charge in [0.2, 0.25) is 0 Å². The topological polar surface area (TPSA) is 65.3 Å². The van der Waals surface area contributed by atoms with Gasteiger partial charge in [-0.1, -0.05) is 18.6 Å². The average Bonchev–Trinajstić information content (AvgIpc) is 2.91. The van der Waals surface area contributed by atoms with E-state index in [9.17, 15) is 5.26 Å². The van der Waals surface area contributed by atoms with Crippen LogP contribution in [0.4, 0.5) is 0 Å². The van der Waals surface area contributed by atoms with Crippen LogP contribution in [0, 0.1) is 17.2 Å². The lowest BCUT2D eigenvalue weighted by molar-refractivity contribution is 0.239. The van der Waals surface area contributed by atoms with Gasteiger partial charge in [-0.2, -0.15) is 5.26 Å². The van der Waals surface area contributed by atoms with Crippen LogP contribution in [-0.2, 0) is 6.61 Å². The van der Waals surface area contributed by atoms with Crippen LogP contribution in [0.1, 0.15) is 31.2 Å². The Labute approximate surface area is 120 Å². The van der Waals surface area contributed by atoms with E-state index in [0.717, 1.165) is 37.0 Å². The minimum atomic E-state index is -0.371. The molecule has 1 fully saturated rings. The first-order chi connectivity index (χ1) is 9.74. The summed E-state index contributed by atoms with van der Waals surface area (Å²) in [5, 5.41) is 21.6. The Morgan fingerprint density at radius 2 is 2.20 bits per heavy atom. The Balaban J connectivity index is 1.84. The summed E-state index contributed by atoms with van der Waals surface area (Å²) in [5.41, 5.74) is 0.510. The monoisotopic (exact) mass is 274 g/mol. The molecular formula is C16H22N2O2. The van der Waals surface area contributed by atoms with Gasteiger partial charge in [-0.3, -0.25) is 0 Å². The molecule has 2 unspecified atom stereocenters. The molecule has 108 valence electrons. The zero-order valence-electron chi connectivity index (χ0n) is 11.9. The molecule has 0 aromatic heterocycles. The molecule has 0 spiro atoms. The molecule has 1 aromatic carbocycles. The zero-order chi connectivity index (χ0) is 14.4. The van der Waals surface area contributed by atoms with Crippen molar-refractivity contribution in [2.75, 3.05) is 13.7 Å². The second kappa shape index (κ2) is 6.74. The molecule has 0 bridgehead atoms. The van der Waals surface area contributed by atoms with Crippen molar-refractivity contribution < 1.29 is 9.84 Å². The van der Waals surface area contributed by atoms with E-state index in [0.29, 0.717) is 12.5 Å². The number of aliphatic hydroxyl groups is 1. The molecule has 2 atom stereocenters. The second-order valence-electron chi connectivity index (χ2n) is 5.36. The summed E-state index contributed by atoms with van der Waals surface area (Å²) in [4.78, 5) is 0. The Hall–Kier alpha value is -1.57. The maximum absolute atomic E-state index is 9.38. The minimum absolute atomic E-state index is 0.0508. The molecule has 0 aliphatic heterocycles. The highest BCUT2D eigenvalue weighted by Gasteiger charge is 2.41. The maximum atomic E-state index is 9.38. The molecule has 1 aliphatic carbocycles. The molecule has 0 saturated heterocycles. The Morgan fingerprint density at radius 3 is 2.80 bits per heavy atom. The molecule has 1 aromatic rings. The second-order valence-corrected chi connectivity index (χ2v) is 5.36. The van der Waals surface area contributed by atoms with Gasteiger partial charge in [0, 0.05) is 0 Å². The number of hydrogen-bond donors (Lipinski definition) is 2. The van der Waals surface area contributed by atoms with Gasteiger partial charge < -0.3 is 15.2 Å². The third-order valence-electron chi connectivity index (χ3n) is 4.31. The molecule has 1 aliphatic rings. The van der Waals surface area contributed by atoms with Crippen LogP contribution in [0.3, 0.4) is 0 Å². The fourth-order valence-corrected chi connectivity index (χ4v) is 3.01. The van der Waals surface area contributed by atoms with Crippen LogP contribution < -0.4 is 10.1 Å². The molecule has 2 N–H and O–H groups in total. The summed E-state index contributed by atoms with van der Waals surface area (Å²) in [5.74, 6) is 1.17. The predicted octanol–water partition coefficient (Wildman–Crippen LogP) is 2.23. The van der Waals surface area contributed by atoms with Gasteiger partial charge in [0.25, 0.3) is 0 Å². The fraction of sp³-hybridized carbons (Fsp3) is 0.562. The van der Waals surface area contributed by atoms with Crippen LogP contribution in [0.25, 0.3) is 0 Å². The molecule has 2 rings (SSSR count). The lowest BCUT2D eigenvalue weighted by atomic mass is 9.86. The highest BCUT2D eigenvalue weighted by Crippen LogP contribution is 2.37. The Kier molecular flexibility index (Phi) is 4.99. The van der Waals surface area contributed by atoms with Crippen molar-refractivity contribution in [3.05, 3.63) is 29.8 Å². The standard InChI is InChI=1S/C16H22N2O2/c1-18-16(12-17)9-2-3-14(16)8-10-20-15-6-4-13(11-19)5-7-15/h4-7,14,18-19H,2-3,8-11H2,1H3. The van der Waals surface area contributed by atoms with Gasteiger partial charge in [0.15, 0.2) is 0 Å². The largest absolute Gasteiger partial charge is 0.494 e. The van der Waals surface area contributed by atoms with E-state index in [1.807, 2.05) is 31.3 Å². The van der Waals surface area contributed by atoms with Crippen LogP contribution in [0.15, 0.2) is 24.3 Å². The molecule has 0 heterocycles. The normalized spacial score (nSPS) is 25.4. The van der Waals surface area contributed by atoms with Gasteiger partial charge in [-0.15, -0.1) is 0 Å². The van der Waals surface area contributed by atoms with E-state index in [4.69, 9.17) is 9.84 Å². The fourth-order valence-electron chi connectivity index (χ4n) is 3.01.